The molecule has 1 aliphatic rings. The highest BCUT2D eigenvalue weighted by molar-refractivity contribution is 5.59. The van der Waals surface area contributed by atoms with Gasteiger partial charge < -0.3 is 4.74 Å². The molecule has 4 heterocycles. The molecule has 0 radical (unpaired) electrons. The van der Waals surface area contributed by atoms with Crippen molar-refractivity contribution in [3.05, 3.63) is 65.8 Å². The summed E-state index contributed by atoms with van der Waals surface area (Å²) in [5.74, 6) is 7.08. The Balaban J connectivity index is 1.69. The molecule has 0 amide bonds. The van der Waals surface area contributed by atoms with Gasteiger partial charge in [0.2, 0.25) is 0 Å². The lowest BCUT2D eigenvalue weighted by Gasteiger charge is -2.11. The first-order valence-corrected chi connectivity index (χ1v) is 8.39. The first kappa shape index (κ1) is 15.4. The zero-order valence-corrected chi connectivity index (χ0v) is 14.8. The number of fused-ring (bicyclic) bond motifs is 5. The molecule has 132 valence electrons. The standard InChI is InChI=1S/C19H15N7O/c1-24-13(7-8-22-24)3-5-16-18-9-14-11-21-23-26(14)19-10-15(27-2)4-6-17(19)25(18)12-20-16/h4,6-8,10-12H,9H2,1-2H3. The zero-order valence-electron chi connectivity index (χ0n) is 14.8. The Morgan fingerprint density at radius 2 is 2.07 bits per heavy atom. The summed E-state index contributed by atoms with van der Waals surface area (Å²) >= 11 is 0. The van der Waals surface area contributed by atoms with Crippen molar-refractivity contribution in [2.24, 2.45) is 7.05 Å². The summed E-state index contributed by atoms with van der Waals surface area (Å²) in [6.45, 7) is 0. The summed E-state index contributed by atoms with van der Waals surface area (Å²) < 4.78 is 11.0. The molecule has 5 rings (SSSR count). The molecule has 1 aromatic carbocycles. The molecule has 0 spiro atoms. The summed E-state index contributed by atoms with van der Waals surface area (Å²) in [6.07, 6.45) is 5.92. The van der Waals surface area contributed by atoms with E-state index in [1.165, 1.54) is 0 Å². The molecule has 0 unspecified atom stereocenters. The van der Waals surface area contributed by atoms with Gasteiger partial charge in [-0.05, 0) is 30.0 Å². The van der Waals surface area contributed by atoms with E-state index in [0.717, 1.165) is 39.9 Å². The largest absolute Gasteiger partial charge is 0.497 e. The monoisotopic (exact) mass is 357 g/mol. The molecule has 8 nitrogen and oxygen atoms in total. The number of benzene rings is 1. The first-order chi connectivity index (χ1) is 13.2. The van der Waals surface area contributed by atoms with Crippen LogP contribution in [0.5, 0.6) is 5.75 Å². The van der Waals surface area contributed by atoms with Gasteiger partial charge in [0.05, 0.1) is 42.3 Å². The second-order valence-electron chi connectivity index (χ2n) is 6.17. The van der Waals surface area contributed by atoms with Gasteiger partial charge >= 0.3 is 0 Å². The quantitative estimate of drug-likeness (QED) is 0.425. The fourth-order valence-corrected chi connectivity index (χ4v) is 3.23. The minimum absolute atomic E-state index is 0.624. The number of hydrogen-bond donors (Lipinski definition) is 0. The topological polar surface area (TPSA) is 75.6 Å². The van der Waals surface area contributed by atoms with Crippen LogP contribution in [0.2, 0.25) is 0 Å². The van der Waals surface area contributed by atoms with E-state index in [1.54, 1.807) is 30.5 Å². The summed E-state index contributed by atoms with van der Waals surface area (Å²) in [7, 11) is 3.51. The molecule has 27 heavy (non-hydrogen) atoms. The number of aryl methyl sites for hydroxylation is 1. The molecule has 0 saturated heterocycles. The molecule has 1 aliphatic heterocycles. The lowest BCUT2D eigenvalue weighted by molar-refractivity contribution is 0.414. The molecule has 0 atom stereocenters. The van der Waals surface area contributed by atoms with Crippen LogP contribution in [0, 0.1) is 11.8 Å². The van der Waals surface area contributed by atoms with Crippen LogP contribution in [0.1, 0.15) is 22.8 Å². The Bertz CT molecular complexity index is 1220. The third-order valence-corrected chi connectivity index (χ3v) is 4.64. The Morgan fingerprint density at radius 3 is 2.89 bits per heavy atom. The molecule has 0 bridgehead atoms. The number of methoxy groups -OCH3 is 1. The first-order valence-electron chi connectivity index (χ1n) is 8.39. The van der Waals surface area contributed by atoms with Crippen LogP contribution in [0.25, 0.3) is 11.4 Å². The second-order valence-corrected chi connectivity index (χ2v) is 6.17. The van der Waals surface area contributed by atoms with Gasteiger partial charge in [0.25, 0.3) is 0 Å². The maximum atomic E-state index is 5.38. The minimum Gasteiger partial charge on any atom is -0.497 e. The number of ether oxygens (including phenoxy) is 1. The van der Waals surface area contributed by atoms with Crippen LogP contribution in [0.4, 0.5) is 0 Å². The molecule has 0 fully saturated rings. The smallest absolute Gasteiger partial charge is 0.135 e. The fraction of sp³-hybridized carbons (Fsp3) is 0.158. The summed E-state index contributed by atoms with van der Waals surface area (Å²) in [6, 6.07) is 7.74. The molecule has 8 heteroatoms. The fourth-order valence-electron chi connectivity index (χ4n) is 3.23. The van der Waals surface area contributed by atoms with E-state index in [4.69, 9.17) is 4.74 Å². The molecule has 4 aromatic rings. The predicted molar refractivity (Wildman–Crippen MR) is 97.0 cm³/mol. The van der Waals surface area contributed by atoms with Crippen molar-refractivity contribution in [3.63, 3.8) is 0 Å². The number of nitrogens with zero attached hydrogens (tertiary/aromatic N) is 7. The SMILES string of the molecule is COc1ccc2c(c1)-n1nncc1Cc1c(C#Cc3ccnn3C)ncn1-2. The van der Waals surface area contributed by atoms with E-state index in [-0.39, 0.29) is 0 Å². The molecule has 0 saturated carbocycles. The average molecular weight is 357 g/mol. The number of imidazole rings is 1. The van der Waals surface area contributed by atoms with Crippen LogP contribution >= 0.6 is 0 Å². The Kier molecular flexibility index (Phi) is 3.33. The lowest BCUT2D eigenvalue weighted by atomic mass is 10.2. The highest BCUT2D eigenvalue weighted by Gasteiger charge is 2.23. The minimum atomic E-state index is 0.624. The normalized spacial score (nSPS) is 11.6. The van der Waals surface area contributed by atoms with E-state index in [0.29, 0.717) is 6.42 Å². The van der Waals surface area contributed by atoms with Crippen LogP contribution in [0.15, 0.2) is 43.0 Å². The van der Waals surface area contributed by atoms with E-state index < -0.39 is 0 Å². The molecule has 0 aliphatic carbocycles. The number of hydrogen-bond acceptors (Lipinski definition) is 5. The Hall–Kier alpha value is -3.86. The second kappa shape index (κ2) is 5.85. The third kappa shape index (κ3) is 2.40. The third-order valence-electron chi connectivity index (χ3n) is 4.64. The van der Waals surface area contributed by atoms with Gasteiger partial charge in [0, 0.05) is 19.5 Å². The predicted octanol–water partition coefficient (Wildman–Crippen LogP) is 1.50. The van der Waals surface area contributed by atoms with Gasteiger partial charge in [-0.15, -0.1) is 5.10 Å². The average Bonchev–Trinajstić information content (AvgIpc) is 3.39. The van der Waals surface area contributed by atoms with Crippen molar-refractivity contribution in [2.75, 3.05) is 7.11 Å². The molecule has 3 aromatic heterocycles. The van der Waals surface area contributed by atoms with E-state index in [2.05, 4.69) is 36.8 Å². The number of aromatic nitrogens is 7. The highest BCUT2D eigenvalue weighted by atomic mass is 16.5. The Labute approximate surface area is 155 Å². The molecular weight excluding hydrogens is 342 g/mol. The van der Waals surface area contributed by atoms with Gasteiger partial charge in [-0.2, -0.15) is 5.10 Å². The highest BCUT2D eigenvalue weighted by Crippen LogP contribution is 2.30. The zero-order chi connectivity index (χ0) is 18.4. The van der Waals surface area contributed by atoms with Crippen LogP contribution in [-0.4, -0.2) is 41.4 Å². The van der Waals surface area contributed by atoms with Crippen molar-refractivity contribution in [2.45, 2.75) is 6.42 Å². The van der Waals surface area contributed by atoms with Crippen LogP contribution < -0.4 is 4.74 Å². The van der Waals surface area contributed by atoms with Gasteiger partial charge in [0.1, 0.15) is 23.5 Å². The van der Waals surface area contributed by atoms with Crippen molar-refractivity contribution in [1.29, 1.82) is 0 Å². The molecule has 0 N–H and O–H groups in total. The maximum absolute atomic E-state index is 5.38. The van der Waals surface area contributed by atoms with Crippen LogP contribution in [-0.2, 0) is 13.5 Å². The van der Waals surface area contributed by atoms with Crippen molar-refractivity contribution in [3.8, 4) is 29.0 Å². The van der Waals surface area contributed by atoms with Gasteiger partial charge in [-0.3, -0.25) is 9.25 Å². The van der Waals surface area contributed by atoms with E-state index >= 15 is 0 Å². The van der Waals surface area contributed by atoms with E-state index in [1.807, 2.05) is 36.0 Å². The summed E-state index contributed by atoms with van der Waals surface area (Å²) in [4.78, 5) is 4.55. The van der Waals surface area contributed by atoms with Gasteiger partial charge in [0.15, 0.2) is 0 Å². The van der Waals surface area contributed by atoms with Gasteiger partial charge in [-0.1, -0.05) is 5.21 Å². The van der Waals surface area contributed by atoms with Crippen molar-refractivity contribution < 1.29 is 4.74 Å². The van der Waals surface area contributed by atoms with Crippen molar-refractivity contribution in [1.82, 2.24) is 34.3 Å². The molecular formula is C19H15N7O. The van der Waals surface area contributed by atoms with E-state index in [9.17, 15) is 0 Å². The Morgan fingerprint density at radius 1 is 1.15 bits per heavy atom. The summed E-state index contributed by atoms with van der Waals surface area (Å²) in [5, 5.41) is 12.5. The summed E-state index contributed by atoms with van der Waals surface area (Å²) in [5.41, 5.74) is 5.37. The maximum Gasteiger partial charge on any atom is 0.135 e. The van der Waals surface area contributed by atoms with Crippen molar-refractivity contribution >= 4 is 0 Å². The van der Waals surface area contributed by atoms with Crippen LogP contribution in [0.3, 0.4) is 0 Å². The lowest BCUT2D eigenvalue weighted by Crippen LogP contribution is -2.03. The number of rotatable bonds is 1. The van der Waals surface area contributed by atoms with Gasteiger partial charge in [-0.25, -0.2) is 9.67 Å².